The van der Waals surface area contributed by atoms with E-state index in [9.17, 15) is 28.1 Å². The zero-order valence-electron chi connectivity index (χ0n) is 15.4. The van der Waals surface area contributed by atoms with Crippen LogP contribution in [0.2, 0.25) is 0 Å². The molecule has 0 spiro atoms. The number of nitrogens with one attached hydrogen (secondary N) is 1. The van der Waals surface area contributed by atoms with E-state index in [1.807, 2.05) is 0 Å². The van der Waals surface area contributed by atoms with Crippen molar-refractivity contribution in [1.29, 1.82) is 0 Å². The van der Waals surface area contributed by atoms with Gasteiger partial charge in [0, 0.05) is 23.2 Å². The molecule has 7 nitrogen and oxygen atoms in total. The first-order valence-corrected chi connectivity index (χ1v) is 9.85. The standard InChI is InChI=1S/C19H15F3N4O3S/c20-19(21,22)16-12-7-2-1-6-11(12)13-14(23)15(30-18(13)25-16)17(27)24-9-4-3-5-10(8-9)26(28)29/h3-5,8H,1-2,6-7,23H2,(H,24,27). The summed E-state index contributed by atoms with van der Waals surface area (Å²) in [7, 11) is 0. The second-order valence-corrected chi connectivity index (χ2v) is 7.91. The maximum atomic E-state index is 13.5. The third kappa shape index (κ3) is 3.45. The number of fused-ring (bicyclic) bond motifs is 3. The number of benzene rings is 1. The summed E-state index contributed by atoms with van der Waals surface area (Å²) in [6.07, 6.45) is -2.54. The van der Waals surface area contributed by atoms with Gasteiger partial charge >= 0.3 is 6.18 Å². The molecule has 0 bridgehead atoms. The van der Waals surface area contributed by atoms with E-state index in [1.54, 1.807) is 0 Å². The molecule has 2 aromatic heterocycles. The van der Waals surface area contributed by atoms with Crippen molar-refractivity contribution in [2.75, 3.05) is 11.1 Å². The number of amides is 1. The number of nitrogens with zero attached hydrogens (tertiary/aromatic N) is 2. The first kappa shape index (κ1) is 20.1. The van der Waals surface area contributed by atoms with Crippen LogP contribution in [0.25, 0.3) is 10.2 Å². The summed E-state index contributed by atoms with van der Waals surface area (Å²) in [4.78, 5) is 26.9. The van der Waals surface area contributed by atoms with Crippen LogP contribution in [0.15, 0.2) is 24.3 Å². The highest BCUT2D eigenvalue weighted by Gasteiger charge is 2.38. The van der Waals surface area contributed by atoms with Crippen LogP contribution in [0.1, 0.15) is 39.3 Å². The van der Waals surface area contributed by atoms with Gasteiger partial charge in [-0.15, -0.1) is 11.3 Å². The van der Waals surface area contributed by atoms with Gasteiger partial charge in [0.25, 0.3) is 11.6 Å². The molecule has 0 fully saturated rings. The smallest absolute Gasteiger partial charge is 0.397 e. The van der Waals surface area contributed by atoms with Gasteiger partial charge in [0.05, 0.1) is 10.6 Å². The number of nitro benzene ring substituents is 1. The minimum absolute atomic E-state index is 0.0242. The number of nitrogens with two attached hydrogens (primary N) is 1. The van der Waals surface area contributed by atoms with Crippen molar-refractivity contribution >= 4 is 44.5 Å². The molecule has 2 heterocycles. The molecule has 11 heteroatoms. The number of hydrogen-bond acceptors (Lipinski definition) is 6. The highest BCUT2D eigenvalue weighted by Crippen LogP contribution is 2.43. The highest BCUT2D eigenvalue weighted by atomic mass is 32.1. The number of carbonyl (C=O) groups is 1. The lowest BCUT2D eigenvalue weighted by atomic mass is 9.88. The third-order valence-corrected chi connectivity index (χ3v) is 6.08. The predicted octanol–water partition coefficient (Wildman–Crippen LogP) is 4.94. The van der Waals surface area contributed by atoms with Gasteiger partial charge in [0.15, 0.2) is 0 Å². The normalized spacial score (nSPS) is 13.8. The van der Waals surface area contributed by atoms with Crippen molar-refractivity contribution in [2.24, 2.45) is 0 Å². The van der Waals surface area contributed by atoms with Crippen molar-refractivity contribution in [3.63, 3.8) is 0 Å². The van der Waals surface area contributed by atoms with Crippen molar-refractivity contribution < 1.29 is 22.9 Å². The highest BCUT2D eigenvalue weighted by molar-refractivity contribution is 7.21. The Morgan fingerprint density at radius 2 is 1.93 bits per heavy atom. The van der Waals surface area contributed by atoms with Crippen LogP contribution in [0.3, 0.4) is 0 Å². The maximum Gasteiger partial charge on any atom is 0.433 e. The summed E-state index contributed by atoms with van der Waals surface area (Å²) in [6, 6.07) is 5.34. The quantitative estimate of drug-likeness (QED) is 0.446. The SMILES string of the molecule is Nc1c(C(=O)Nc2cccc([N+](=O)[O-])c2)sc2nc(C(F)(F)F)c3c(c12)CCCC3. The first-order valence-electron chi connectivity index (χ1n) is 9.03. The van der Waals surface area contributed by atoms with E-state index < -0.39 is 22.7 Å². The number of thiophene rings is 1. The van der Waals surface area contributed by atoms with Crippen LogP contribution in [0.4, 0.5) is 30.2 Å². The summed E-state index contributed by atoms with van der Waals surface area (Å²) in [5, 5.41) is 13.8. The van der Waals surface area contributed by atoms with E-state index in [0.717, 1.165) is 17.8 Å². The average molecular weight is 436 g/mol. The molecule has 1 aromatic carbocycles. The van der Waals surface area contributed by atoms with Crippen molar-refractivity contribution in [3.8, 4) is 0 Å². The Morgan fingerprint density at radius 1 is 1.23 bits per heavy atom. The number of pyridine rings is 1. The number of halogens is 3. The Morgan fingerprint density at radius 3 is 2.60 bits per heavy atom. The molecule has 30 heavy (non-hydrogen) atoms. The van der Waals surface area contributed by atoms with E-state index in [2.05, 4.69) is 10.3 Å². The van der Waals surface area contributed by atoms with E-state index in [0.29, 0.717) is 23.8 Å². The Hall–Kier alpha value is -3.21. The lowest BCUT2D eigenvalue weighted by Crippen LogP contribution is -2.17. The number of non-ortho nitro benzene ring substituents is 1. The number of hydrogen-bond donors (Lipinski definition) is 2. The molecule has 4 rings (SSSR count). The number of alkyl halides is 3. The van der Waals surface area contributed by atoms with E-state index in [1.165, 1.54) is 24.3 Å². The van der Waals surface area contributed by atoms with Crippen molar-refractivity contribution in [2.45, 2.75) is 31.9 Å². The van der Waals surface area contributed by atoms with E-state index >= 15 is 0 Å². The maximum absolute atomic E-state index is 13.5. The molecule has 0 saturated carbocycles. The minimum atomic E-state index is -4.60. The lowest BCUT2D eigenvalue weighted by molar-refractivity contribution is -0.384. The van der Waals surface area contributed by atoms with Crippen LogP contribution in [-0.4, -0.2) is 15.8 Å². The lowest BCUT2D eigenvalue weighted by Gasteiger charge is -2.21. The summed E-state index contributed by atoms with van der Waals surface area (Å²) < 4.78 is 40.6. The van der Waals surface area contributed by atoms with E-state index in [4.69, 9.17) is 5.73 Å². The summed E-state index contributed by atoms with van der Waals surface area (Å²) in [5.74, 6) is -0.658. The topological polar surface area (TPSA) is 111 Å². The molecular formula is C19H15F3N4O3S. The van der Waals surface area contributed by atoms with Crippen LogP contribution >= 0.6 is 11.3 Å². The van der Waals surface area contributed by atoms with Gasteiger partial charge in [-0.25, -0.2) is 4.98 Å². The van der Waals surface area contributed by atoms with Gasteiger partial charge in [-0.05, 0) is 42.9 Å². The second kappa shape index (κ2) is 7.24. The number of nitro groups is 1. The zero-order valence-corrected chi connectivity index (χ0v) is 16.2. The molecule has 3 aromatic rings. The minimum Gasteiger partial charge on any atom is -0.397 e. The number of carbonyl (C=O) groups excluding carboxylic acids is 1. The van der Waals surface area contributed by atoms with E-state index in [-0.39, 0.29) is 38.8 Å². The Bertz CT molecular complexity index is 1190. The number of aromatic nitrogens is 1. The van der Waals surface area contributed by atoms with Gasteiger partial charge < -0.3 is 11.1 Å². The Kier molecular flexibility index (Phi) is 4.85. The molecule has 1 amide bonds. The first-order chi connectivity index (χ1) is 14.2. The predicted molar refractivity (Wildman–Crippen MR) is 107 cm³/mol. The van der Waals surface area contributed by atoms with Crippen molar-refractivity contribution in [3.05, 3.63) is 56.1 Å². The molecule has 156 valence electrons. The molecule has 0 atom stereocenters. The van der Waals surface area contributed by atoms with Crippen LogP contribution in [-0.2, 0) is 19.0 Å². The molecule has 0 aliphatic heterocycles. The molecule has 3 N–H and O–H groups in total. The fourth-order valence-corrected chi connectivity index (χ4v) is 4.72. The second-order valence-electron chi connectivity index (χ2n) is 6.91. The zero-order chi connectivity index (χ0) is 21.6. The fraction of sp³-hybridized carbons (Fsp3) is 0.263. The molecule has 1 aliphatic rings. The van der Waals surface area contributed by atoms with Crippen LogP contribution in [0, 0.1) is 10.1 Å². The number of aryl methyl sites for hydroxylation is 1. The summed E-state index contributed by atoms with van der Waals surface area (Å²) in [6.45, 7) is 0. The summed E-state index contributed by atoms with van der Waals surface area (Å²) in [5.41, 5.74) is 5.96. The number of nitrogen functional groups attached to an aromatic ring is 1. The molecule has 0 radical (unpaired) electrons. The number of anilines is 2. The number of rotatable bonds is 3. The van der Waals surface area contributed by atoms with Gasteiger partial charge in [-0.3, -0.25) is 14.9 Å². The van der Waals surface area contributed by atoms with Gasteiger partial charge in [0.1, 0.15) is 15.4 Å². The molecule has 1 aliphatic carbocycles. The molecule has 0 saturated heterocycles. The Labute approximate surface area is 171 Å². The molecular weight excluding hydrogens is 421 g/mol. The third-order valence-electron chi connectivity index (χ3n) is 4.98. The van der Waals surface area contributed by atoms with Gasteiger partial charge in [-0.1, -0.05) is 6.07 Å². The summed E-state index contributed by atoms with van der Waals surface area (Å²) >= 11 is 0.783. The fourth-order valence-electron chi connectivity index (χ4n) is 3.70. The van der Waals surface area contributed by atoms with Gasteiger partial charge in [-0.2, -0.15) is 13.2 Å². The van der Waals surface area contributed by atoms with Crippen LogP contribution < -0.4 is 11.1 Å². The largest absolute Gasteiger partial charge is 0.433 e. The average Bonchev–Trinajstić information content (AvgIpc) is 3.04. The Balaban J connectivity index is 1.79. The van der Waals surface area contributed by atoms with Crippen LogP contribution in [0.5, 0.6) is 0 Å². The molecule has 0 unspecified atom stereocenters. The van der Waals surface area contributed by atoms with Gasteiger partial charge in [0.2, 0.25) is 0 Å². The monoisotopic (exact) mass is 436 g/mol. The van der Waals surface area contributed by atoms with Crippen molar-refractivity contribution in [1.82, 2.24) is 4.98 Å².